The number of alkyl carbamates (subject to hydrolysis) is 1. The summed E-state index contributed by atoms with van der Waals surface area (Å²) >= 11 is 0. The van der Waals surface area contributed by atoms with Gasteiger partial charge in [-0.15, -0.1) is 0 Å². The van der Waals surface area contributed by atoms with Crippen LogP contribution in [-0.2, 0) is 20.9 Å². The third kappa shape index (κ3) is 8.06. The zero-order valence-corrected chi connectivity index (χ0v) is 16.3. The van der Waals surface area contributed by atoms with E-state index in [2.05, 4.69) is 10.6 Å². The van der Waals surface area contributed by atoms with Crippen molar-refractivity contribution in [1.82, 2.24) is 20.2 Å². The highest BCUT2D eigenvalue weighted by molar-refractivity contribution is 5.82. The molecule has 2 amide bonds. The number of carbonyl (C=O) groups is 3. The van der Waals surface area contributed by atoms with Crippen LogP contribution in [0, 0.1) is 6.92 Å². The summed E-state index contributed by atoms with van der Waals surface area (Å²) in [7, 11) is 0. The SMILES string of the molecule is Cc1cn(CC(=O)N[C@@H](CCCNC(=O)OC(C)(C)C)C(=O)[O-])c(=O)[nH]c1=O. The minimum atomic E-state index is -1.49. The van der Waals surface area contributed by atoms with E-state index in [4.69, 9.17) is 4.74 Å². The van der Waals surface area contributed by atoms with Crippen LogP contribution in [0.3, 0.4) is 0 Å². The predicted octanol–water partition coefficient (Wildman–Crippen LogP) is -1.62. The van der Waals surface area contributed by atoms with Gasteiger partial charge in [-0.25, -0.2) is 9.59 Å². The minimum Gasteiger partial charge on any atom is -0.548 e. The van der Waals surface area contributed by atoms with Crippen LogP contribution >= 0.6 is 0 Å². The average molecular weight is 397 g/mol. The summed E-state index contributed by atoms with van der Waals surface area (Å²) in [4.78, 5) is 59.8. The van der Waals surface area contributed by atoms with E-state index in [0.29, 0.717) is 0 Å². The number of nitrogens with zero attached hydrogens (tertiary/aromatic N) is 1. The lowest BCUT2D eigenvalue weighted by molar-refractivity contribution is -0.308. The lowest BCUT2D eigenvalue weighted by atomic mass is 10.1. The van der Waals surface area contributed by atoms with E-state index in [9.17, 15) is 29.1 Å². The number of carboxylic acid groups (broad SMARTS) is 1. The second-order valence-corrected chi connectivity index (χ2v) is 7.21. The first kappa shape index (κ1) is 22.9. The van der Waals surface area contributed by atoms with Crippen molar-refractivity contribution in [2.45, 2.75) is 58.7 Å². The van der Waals surface area contributed by atoms with Crippen LogP contribution in [0.1, 0.15) is 39.2 Å². The molecule has 0 saturated carbocycles. The summed E-state index contributed by atoms with van der Waals surface area (Å²) in [5.41, 5.74) is -1.76. The zero-order valence-electron chi connectivity index (χ0n) is 16.3. The number of hydrogen-bond donors (Lipinski definition) is 3. The maximum atomic E-state index is 12.0. The number of amides is 2. The number of rotatable bonds is 8. The second kappa shape index (κ2) is 9.72. The van der Waals surface area contributed by atoms with Crippen molar-refractivity contribution in [2.75, 3.05) is 6.54 Å². The number of aliphatic carboxylic acids is 1. The monoisotopic (exact) mass is 397 g/mol. The fourth-order valence-corrected chi connectivity index (χ4v) is 2.19. The van der Waals surface area contributed by atoms with Crippen molar-refractivity contribution >= 4 is 18.0 Å². The largest absolute Gasteiger partial charge is 0.548 e. The minimum absolute atomic E-state index is 0.00339. The van der Waals surface area contributed by atoms with Gasteiger partial charge >= 0.3 is 11.8 Å². The van der Waals surface area contributed by atoms with Crippen molar-refractivity contribution < 1.29 is 24.2 Å². The number of aromatic amines is 1. The third-order valence-electron chi connectivity index (χ3n) is 3.46. The molecule has 0 fully saturated rings. The summed E-state index contributed by atoms with van der Waals surface area (Å²) in [5, 5.41) is 16.0. The van der Waals surface area contributed by atoms with Gasteiger partial charge in [0, 0.05) is 18.3 Å². The predicted molar refractivity (Wildman–Crippen MR) is 96.5 cm³/mol. The zero-order chi connectivity index (χ0) is 21.5. The molecular weight excluding hydrogens is 372 g/mol. The molecule has 1 aromatic heterocycles. The van der Waals surface area contributed by atoms with Crippen molar-refractivity contribution in [3.63, 3.8) is 0 Å². The molecular formula is C17H25N4O7-. The van der Waals surface area contributed by atoms with Crippen LogP contribution in [0.15, 0.2) is 15.8 Å². The highest BCUT2D eigenvalue weighted by Gasteiger charge is 2.17. The molecule has 0 aliphatic heterocycles. The number of carbonyl (C=O) groups excluding carboxylic acids is 3. The highest BCUT2D eigenvalue weighted by Crippen LogP contribution is 2.06. The second-order valence-electron chi connectivity index (χ2n) is 7.21. The first-order valence-electron chi connectivity index (χ1n) is 8.66. The molecule has 1 atom stereocenters. The molecule has 1 rings (SSSR count). The van der Waals surface area contributed by atoms with Gasteiger partial charge in [0.1, 0.15) is 12.1 Å². The maximum Gasteiger partial charge on any atom is 0.407 e. The Hall–Kier alpha value is -3.11. The number of aromatic nitrogens is 2. The molecule has 1 heterocycles. The van der Waals surface area contributed by atoms with Crippen LogP contribution in [0.5, 0.6) is 0 Å². The Morgan fingerprint density at radius 3 is 2.50 bits per heavy atom. The van der Waals surface area contributed by atoms with Crippen molar-refractivity contribution in [3.8, 4) is 0 Å². The van der Waals surface area contributed by atoms with Crippen LogP contribution in [0.4, 0.5) is 4.79 Å². The Kier molecular flexibility index (Phi) is 7.96. The van der Waals surface area contributed by atoms with Gasteiger partial charge in [0.2, 0.25) is 5.91 Å². The molecule has 1 aromatic rings. The van der Waals surface area contributed by atoms with Gasteiger partial charge in [-0.2, -0.15) is 0 Å². The molecule has 0 aliphatic carbocycles. The Morgan fingerprint density at radius 1 is 1.29 bits per heavy atom. The van der Waals surface area contributed by atoms with Gasteiger partial charge < -0.3 is 25.3 Å². The molecule has 0 unspecified atom stereocenters. The molecule has 28 heavy (non-hydrogen) atoms. The molecule has 0 radical (unpaired) electrons. The number of ether oxygens (including phenoxy) is 1. The average Bonchev–Trinajstić information content (AvgIpc) is 2.53. The molecule has 0 bridgehead atoms. The molecule has 0 aliphatic rings. The standard InChI is InChI=1S/C17H26N4O7/c1-10-8-21(15(26)20-13(10)23)9-12(22)19-11(14(24)25)6-5-7-18-16(27)28-17(2,3)4/h8,11H,5-7,9H2,1-4H3,(H,18,27)(H,19,22)(H,24,25)(H,20,23,26)/p-1/t11-/m0/s1. The Labute approximate surface area is 161 Å². The van der Waals surface area contributed by atoms with Gasteiger partial charge in [-0.3, -0.25) is 19.1 Å². The van der Waals surface area contributed by atoms with Gasteiger partial charge in [-0.05, 0) is 40.5 Å². The molecule has 156 valence electrons. The molecule has 11 heteroatoms. The molecule has 3 N–H and O–H groups in total. The summed E-state index contributed by atoms with van der Waals surface area (Å²) in [6.07, 6.45) is 0.827. The van der Waals surface area contributed by atoms with E-state index in [1.54, 1.807) is 20.8 Å². The van der Waals surface area contributed by atoms with E-state index in [-0.39, 0.29) is 24.9 Å². The molecule has 0 saturated heterocycles. The number of carboxylic acids is 1. The Morgan fingerprint density at radius 2 is 1.93 bits per heavy atom. The third-order valence-corrected chi connectivity index (χ3v) is 3.46. The fraction of sp³-hybridized carbons (Fsp3) is 0.588. The van der Waals surface area contributed by atoms with Crippen LogP contribution in [0.25, 0.3) is 0 Å². The van der Waals surface area contributed by atoms with Crippen LogP contribution < -0.4 is 27.0 Å². The first-order valence-corrected chi connectivity index (χ1v) is 8.66. The van der Waals surface area contributed by atoms with E-state index >= 15 is 0 Å². The van der Waals surface area contributed by atoms with Gasteiger partial charge in [0.15, 0.2) is 0 Å². The topological polar surface area (TPSA) is 162 Å². The highest BCUT2D eigenvalue weighted by atomic mass is 16.6. The number of hydrogen-bond acceptors (Lipinski definition) is 7. The summed E-state index contributed by atoms with van der Waals surface area (Å²) < 4.78 is 6.01. The summed E-state index contributed by atoms with van der Waals surface area (Å²) in [6, 6.07) is -1.30. The van der Waals surface area contributed by atoms with E-state index in [1.165, 1.54) is 13.1 Å². The van der Waals surface area contributed by atoms with Gasteiger partial charge in [-0.1, -0.05) is 0 Å². The molecule has 11 nitrogen and oxygen atoms in total. The lowest BCUT2D eigenvalue weighted by Crippen LogP contribution is -2.49. The first-order chi connectivity index (χ1) is 12.9. The Balaban J connectivity index is 2.54. The van der Waals surface area contributed by atoms with Gasteiger partial charge in [0.25, 0.3) is 5.56 Å². The van der Waals surface area contributed by atoms with Crippen molar-refractivity contribution in [2.24, 2.45) is 0 Å². The lowest BCUT2D eigenvalue weighted by Gasteiger charge is -2.21. The fourth-order valence-electron chi connectivity index (χ4n) is 2.19. The van der Waals surface area contributed by atoms with Crippen molar-refractivity contribution in [1.29, 1.82) is 0 Å². The number of aryl methyl sites for hydroxylation is 1. The van der Waals surface area contributed by atoms with E-state index in [1.807, 2.05) is 4.98 Å². The smallest absolute Gasteiger partial charge is 0.407 e. The molecule has 0 aromatic carbocycles. The summed E-state index contributed by atoms with van der Waals surface area (Å²) in [6.45, 7) is 6.29. The van der Waals surface area contributed by atoms with E-state index < -0.39 is 47.4 Å². The number of H-pyrrole nitrogens is 1. The summed E-state index contributed by atoms with van der Waals surface area (Å²) in [5.74, 6) is -2.22. The maximum absolute atomic E-state index is 12.0. The van der Waals surface area contributed by atoms with Crippen molar-refractivity contribution in [3.05, 3.63) is 32.6 Å². The van der Waals surface area contributed by atoms with Crippen LogP contribution in [-0.4, -0.2) is 45.7 Å². The van der Waals surface area contributed by atoms with E-state index in [0.717, 1.165) is 4.57 Å². The van der Waals surface area contributed by atoms with Gasteiger partial charge in [0.05, 0.1) is 12.0 Å². The number of nitrogens with one attached hydrogen (secondary N) is 3. The van der Waals surface area contributed by atoms with Crippen LogP contribution in [0.2, 0.25) is 0 Å². The Bertz CT molecular complexity index is 835. The quantitative estimate of drug-likeness (QED) is 0.444. The normalized spacial score (nSPS) is 12.1. The molecule has 0 spiro atoms.